The van der Waals surface area contributed by atoms with Crippen LogP contribution in [0.4, 0.5) is 0 Å². The van der Waals surface area contributed by atoms with Crippen molar-refractivity contribution in [3.63, 3.8) is 0 Å². The largest absolute Gasteiger partial charge is 0.507 e. The van der Waals surface area contributed by atoms with Crippen LogP contribution in [0.1, 0.15) is 10.4 Å². The molecule has 2 aromatic carbocycles. The first kappa shape index (κ1) is 19.8. The number of ether oxygens (including phenoxy) is 4. The third-order valence-electron chi connectivity index (χ3n) is 3.89. The topological polar surface area (TPSA) is 132 Å². The number of nitrogens with one attached hydrogen (secondary N) is 2. The molecule has 0 radical (unpaired) electrons. The quantitative estimate of drug-likeness (QED) is 0.488. The predicted molar refractivity (Wildman–Crippen MR) is 97.6 cm³/mol. The second-order valence-electron chi connectivity index (χ2n) is 5.86. The first-order valence-corrected chi connectivity index (χ1v) is 8.49. The Morgan fingerprint density at radius 3 is 2.62 bits per heavy atom. The number of carbonyl (C=O) groups excluding carboxylic acids is 3. The van der Waals surface area contributed by atoms with Crippen LogP contribution < -0.4 is 25.1 Å². The summed E-state index contributed by atoms with van der Waals surface area (Å²) in [6.45, 7) is -0.695. The summed E-state index contributed by atoms with van der Waals surface area (Å²) in [5.41, 5.74) is 4.15. The van der Waals surface area contributed by atoms with Gasteiger partial charge in [0, 0.05) is 6.07 Å². The molecule has 10 heteroatoms. The summed E-state index contributed by atoms with van der Waals surface area (Å²) >= 11 is 0. The van der Waals surface area contributed by atoms with Crippen molar-refractivity contribution < 1.29 is 38.4 Å². The van der Waals surface area contributed by atoms with Crippen LogP contribution in [0.25, 0.3) is 0 Å². The van der Waals surface area contributed by atoms with Gasteiger partial charge in [0.2, 0.25) is 6.10 Å². The number of rotatable bonds is 5. The highest BCUT2D eigenvalue weighted by molar-refractivity contribution is 5.94. The minimum atomic E-state index is -0.955. The molecule has 10 nitrogen and oxygen atoms in total. The van der Waals surface area contributed by atoms with E-state index in [0.29, 0.717) is 17.2 Å². The molecule has 0 aliphatic carbocycles. The molecule has 0 saturated heterocycles. The third kappa shape index (κ3) is 4.86. The van der Waals surface area contributed by atoms with Gasteiger partial charge in [0.1, 0.15) is 23.7 Å². The van der Waals surface area contributed by atoms with Gasteiger partial charge in [0.15, 0.2) is 18.1 Å². The zero-order chi connectivity index (χ0) is 20.8. The highest BCUT2D eigenvalue weighted by Crippen LogP contribution is 2.30. The van der Waals surface area contributed by atoms with Gasteiger partial charge in [-0.25, -0.2) is 4.79 Å². The molecule has 0 aromatic heterocycles. The van der Waals surface area contributed by atoms with E-state index < -0.39 is 30.5 Å². The fourth-order valence-corrected chi connectivity index (χ4v) is 2.42. The van der Waals surface area contributed by atoms with E-state index >= 15 is 0 Å². The summed E-state index contributed by atoms with van der Waals surface area (Å²) in [5.74, 6) is -1.38. The van der Waals surface area contributed by atoms with E-state index in [-0.39, 0.29) is 17.9 Å². The first-order chi connectivity index (χ1) is 14.0. The second kappa shape index (κ2) is 8.83. The highest BCUT2D eigenvalue weighted by Gasteiger charge is 2.27. The van der Waals surface area contributed by atoms with Gasteiger partial charge in [-0.2, -0.15) is 0 Å². The third-order valence-corrected chi connectivity index (χ3v) is 3.89. The molecule has 1 heterocycles. The van der Waals surface area contributed by atoms with Crippen LogP contribution in [-0.2, 0) is 14.3 Å². The van der Waals surface area contributed by atoms with Crippen molar-refractivity contribution in [2.75, 3.05) is 20.3 Å². The number of fused-ring (bicyclic) bond motifs is 1. The standard InChI is InChI=1S/C19H18N2O8/c1-26-11-6-7-12(13(22)8-11)19(25)28-10-17(23)20-21-18(24)16-9-27-14-4-2-3-5-15(14)29-16/h2-8,16,22H,9-10H2,1H3,(H,20,23)(H,21,24)/t16-/m0/s1. The number of phenols is 1. The number of phenolic OH excluding ortho intramolecular Hbond substituents is 1. The molecule has 1 aliphatic rings. The lowest BCUT2D eigenvalue weighted by Gasteiger charge is -2.25. The first-order valence-electron chi connectivity index (χ1n) is 8.49. The van der Waals surface area contributed by atoms with E-state index in [0.717, 1.165) is 0 Å². The molecule has 1 atom stereocenters. The zero-order valence-corrected chi connectivity index (χ0v) is 15.3. The molecule has 3 N–H and O–H groups in total. The SMILES string of the molecule is COc1ccc(C(=O)OCC(=O)NNC(=O)[C@@H]2COc3ccccc3O2)c(O)c1. The fourth-order valence-electron chi connectivity index (χ4n) is 2.42. The summed E-state index contributed by atoms with van der Waals surface area (Å²) in [4.78, 5) is 35.8. The Morgan fingerprint density at radius 2 is 1.90 bits per heavy atom. The van der Waals surface area contributed by atoms with Gasteiger partial charge in [0.05, 0.1) is 7.11 Å². The number of hydrogen-bond donors (Lipinski definition) is 3. The Kier molecular flexibility index (Phi) is 6.03. The van der Waals surface area contributed by atoms with E-state index in [4.69, 9.17) is 18.9 Å². The van der Waals surface area contributed by atoms with E-state index in [1.165, 1.54) is 25.3 Å². The molecular formula is C19H18N2O8. The van der Waals surface area contributed by atoms with E-state index in [9.17, 15) is 19.5 Å². The van der Waals surface area contributed by atoms with Crippen LogP contribution in [0, 0.1) is 0 Å². The van der Waals surface area contributed by atoms with Crippen LogP contribution in [0.3, 0.4) is 0 Å². The lowest BCUT2D eigenvalue weighted by molar-refractivity contribution is -0.135. The summed E-state index contributed by atoms with van der Waals surface area (Å²) in [5, 5.41) is 9.78. The summed E-state index contributed by atoms with van der Waals surface area (Å²) < 4.78 is 20.6. The van der Waals surface area contributed by atoms with Crippen LogP contribution in [0.2, 0.25) is 0 Å². The van der Waals surface area contributed by atoms with Crippen molar-refractivity contribution in [1.82, 2.24) is 10.9 Å². The Balaban J connectivity index is 1.44. The summed E-state index contributed by atoms with van der Waals surface area (Å²) in [6, 6.07) is 10.9. The van der Waals surface area contributed by atoms with Crippen molar-refractivity contribution in [3.8, 4) is 23.0 Å². The van der Waals surface area contributed by atoms with Gasteiger partial charge in [0.25, 0.3) is 11.8 Å². The van der Waals surface area contributed by atoms with Gasteiger partial charge < -0.3 is 24.1 Å². The number of hydrazine groups is 1. The molecule has 2 amide bonds. The molecule has 2 aromatic rings. The number of benzene rings is 2. The van der Waals surface area contributed by atoms with Crippen LogP contribution in [0.5, 0.6) is 23.0 Å². The van der Waals surface area contributed by atoms with E-state index in [1.807, 2.05) is 0 Å². The highest BCUT2D eigenvalue weighted by atomic mass is 16.6. The van der Waals surface area contributed by atoms with E-state index in [1.54, 1.807) is 24.3 Å². The van der Waals surface area contributed by atoms with Gasteiger partial charge in [-0.1, -0.05) is 12.1 Å². The van der Waals surface area contributed by atoms with Gasteiger partial charge in [-0.05, 0) is 24.3 Å². The van der Waals surface area contributed by atoms with Crippen LogP contribution in [-0.4, -0.2) is 49.3 Å². The Hall–Kier alpha value is -3.95. The molecular weight excluding hydrogens is 384 g/mol. The lowest BCUT2D eigenvalue weighted by atomic mass is 10.2. The molecule has 0 unspecified atom stereocenters. The number of amides is 2. The molecule has 3 rings (SSSR count). The maximum atomic E-state index is 12.1. The smallest absolute Gasteiger partial charge is 0.342 e. The fraction of sp³-hybridized carbons (Fsp3) is 0.211. The van der Waals surface area contributed by atoms with Crippen LogP contribution in [0.15, 0.2) is 42.5 Å². The predicted octanol–water partition coefficient (Wildman–Crippen LogP) is 0.545. The van der Waals surface area contributed by atoms with Gasteiger partial charge in [-0.3, -0.25) is 20.4 Å². The van der Waals surface area contributed by atoms with Crippen molar-refractivity contribution in [2.24, 2.45) is 0 Å². The Labute approximate surface area is 165 Å². The monoisotopic (exact) mass is 402 g/mol. The van der Waals surface area contributed by atoms with Crippen molar-refractivity contribution >= 4 is 17.8 Å². The molecule has 152 valence electrons. The molecule has 0 spiro atoms. The van der Waals surface area contributed by atoms with Gasteiger partial charge in [-0.15, -0.1) is 0 Å². The maximum Gasteiger partial charge on any atom is 0.342 e. The number of hydrogen-bond acceptors (Lipinski definition) is 8. The van der Waals surface area contributed by atoms with Crippen molar-refractivity contribution in [1.29, 1.82) is 0 Å². The minimum absolute atomic E-state index is 0.0234. The maximum absolute atomic E-state index is 12.1. The van der Waals surface area contributed by atoms with Crippen molar-refractivity contribution in [3.05, 3.63) is 48.0 Å². The minimum Gasteiger partial charge on any atom is -0.507 e. The normalized spacial score (nSPS) is 14.4. The number of esters is 1. The second-order valence-corrected chi connectivity index (χ2v) is 5.86. The summed E-state index contributed by atoms with van der Waals surface area (Å²) in [6.07, 6.45) is -0.955. The number of methoxy groups -OCH3 is 1. The summed E-state index contributed by atoms with van der Waals surface area (Å²) in [7, 11) is 1.41. The Morgan fingerprint density at radius 1 is 1.14 bits per heavy atom. The molecule has 0 bridgehead atoms. The lowest BCUT2D eigenvalue weighted by Crippen LogP contribution is -2.51. The zero-order valence-electron chi connectivity index (χ0n) is 15.3. The van der Waals surface area contributed by atoms with Gasteiger partial charge >= 0.3 is 5.97 Å². The average Bonchev–Trinajstić information content (AvgIpc) is 2.75. The van der Waals surface area contributed by atoms with Crippen molar-refractivity contribution in [2.45, 2.75) is 6.10 Å². The number of carbonyl (C=O) groups is 3. The number of aromatic hydroxyl groups is 1. The number of para-hydroxylation sites is 2. The molecule has 1 aliphatic heterocycles. The van der Waals surface area contributed by atoms with E-state index in [2.05, 4.69) is 10.9 Å². The molecule has 29 heavy (non-hydrogen) atoms. The Bertz CT molecular complexity index is 930. The van der Waals surface area contributed by atoms with Crippen LogP contribution >= 0.6 is 0 Å². The molecule has 0 fully saturated rings. The average molecular weight is 402 g/mol. The molecule has 0 saturated carbocycles.